The zero-order valence-corrected chi connectivity index (χ0v) is 10.9. The van der Waals surface area contributed by atoms with Gasteiger partial charge in [-0.05, 0) is 37.2 Å². The molecule has 0 aliphatic rings. The number of aryl methyl sites for hydroxylation is 1. The number of aromatic nitrogens is 2. The molecule has 2 aromatic heterocycles. The average molecular weight is 241 g/mol. The van der Waals surface area contributed by atoms with E-state index in [4.69, 9.17) is 0 Å². The first-order chi connectivity index (χ1) is 8.81. The van der Waals surface area contributed by atoms with Crippen molar-refractivity contribution in [2.24, 2.45) is 0 Å². The van der Waals surface area contributed by atoms with Crippen LogP contribution in [0.25, 0.3) is 0 Å². The molecule has 1 N–H and O–H groups in total. The van der Waals surface area contributed by atoms with Crippen LogP contribution < -0.4 is 5.32 Å². The lowest BCUT2D eigenvalue weighted by atomic mass is 10.0. The van der Waals surface area contributed by atoms with Crippen molar-refractivity contribution in [3.05, 3.63) is 59.7 Å². The zero-order chi connectivity index (χ0) is 12.8. The fraction of sp³-hybridized carbons (Fsp3) is 0.333. The molecule has 3 nitrogen and oxygen atoms in total. The SMILES string of the molecule is CCNC(Cc1ccccn1)c1ncccc1C. The Hall–Kier alpha value is -1.74. The Balaban J connectivity index is 2.21. The summed E-state index contributed by atoms with van der Waals surface area (Å²) in [7, 11) is 0. The van der Waals surface area contributed by atoms with Crippen molar-refractivity contribution in [3.63, 3.8) is 0 Å². The van der Waals surface area contributed by atoms with Crippen LogP contribution in [0.2, 0.25) is 0 Å². The zero-order valence-electron chi connectivity index (χ0n) is 10.9. The van der Waals surface area contributed by atoms with Crippen molar-refractivity contribution in [3.8, 4) is 0 Å². The molecule has 0 spiro atoms. The molecule has 0 fully saturated rings. The summed E-state index contributed by atoms with van der Waals surface area (Å²) in [5.74, 6) is 0. The Kier molecular flexibility index (Phi) is 4.42. The summed E-state index contributed by atoms with van der Waals surface area (Å²) < 4.78 is 0. The predicted molar refractivity (Wildman–Crippen MR) is 73.3 cm³/mol. The van der Waals surface area contributed by atoms with Crippen molar-refractivity contribution in [1.82, 2.24) is 15.3 Å². The van der Waals surface area contributed by atoms with Crippen LogP contribution in [0.5, 0.6) is 0 Å². The van der Waals surface area contributed by atoms with Crippen molar-refractivity contribution < 1.29 is 0 Å². The Labute approximate surface area is 108 Å². The maximum absolute atomic E-state index is 4.50. The summed E-state index contributed by atoms with van der Waals surface area (Å²) in [5, 5.41) is 3.49. The maximum atomic E-state index is 4.50. The first kappa shape index (κ1) is 12.7. The first-order valence-electron chi connectivity index (χ1n) is 6.36. The molecule has 0 aromatic carbocycles. The van der Waals surface area contributed by atoms with Crippen LogP contribution >= 0.6 is 0 Å². The highest BCUT2D eigenvalue weighted by atomic mass is 14.9. The molecule has 0 bridgehead atoms. The molecule has 1 atom stereocenters. The van der Waals surface area contributed by atoms with Crippen LogP contribution in [0.15, 0.2) is 42.7 Å². The minimum absolute atomic E-state index is 0.228. The van der Waals surface area contributed by atoms with Gasteiger partial charge in [0.05, 0.1) is 11.7 Å². The lowest BCUT2D eigenvalue weighted by Crippen LogP contribution is -2.25. The average Bonchev–Trinajstić information content (AvgIpc) is 2.40. The molecule has 0 saturated heterocycles. The molecule has 0 radical (unpaired) electrons. The van der Waals surface area contributed by atoms with Crippen LogP contribution in [0.1, 0.15) is 29.9 Å². The van der Waals surface area contributed by atoms with E-state index in [1.54, 1.807) is 0 Å². The van der Waals surface area contributed by atoms with Gasteiger partial charge < -0.3 is 5.32 Å². The monoisotopic (exact) mass is 241 g/mol. The number of likely N-dealkylation sites (N-methyl/N-ethyl adjacent to an activating group) is 1. The lowest BCUT2D eigenvalue weighted by molar-refractivity contribution is 0.528. The number of hydrogen-bond donors (Lipinski definition) is 1. The summed E-state index contributed by atoms with van der Waals surface area (Å²) in [6, 6.07) is 10.3. The Bertz CT molecular complexity index is 482. The van der Waals surface area contributed by atoms with Gasteiger partial charge in [0.2, 0.25) is 0 Å². The number of nitrogens with one attached hydrogen (secondary N) is 1. The molecule has 2 rings (SSSR count). The Morgan fingerprint density at radius 3 is 2.61 bits per heavy atom. The van der Waals surface area contributed by atoms with Crippen molar-refractivity contribution in [2.45, 2.75) is 26.3 Å². The molecule has 18 heavy (non-hydrogen) atoms. The summed E-state index contributed by atoms with van der Waals surface area (Å²) in [4.78, 5) is 8.89. The van der Waals surface area contributed by atoms with Gasteiger partial charge in [-0.3, -0.25) is 9.97 Å². The van der Waals surface area contributed by atoms with Gasteiger partial charge in [-0.15, -0.1) is 0 Å². The highest BCUT2D eigenvalue weighted by Gasteiger charge is 2.14. The van der Waals surface area contributed by atoms with Gasteiger partial charge >= 0.3 is 0 Å². The largest absolute Gasteiger partial charge is 0.309 e. The fourth-order valence-corrected chi connectivity index (χ4v) is 2.10. The number of rotatable bonds is 5. The van der Waals surface area contributed by atoms with Crippen molar-refractivity contribution in [2.75, 3.05) is 6.54 Å². The first-order valence-corrected chi connectivity index (χ1v) is 6.36. The molecule has 0 saturated carbocycles. The molecular weight excluding hydrogens is 222 g/mol. The van der Waals surface area contributed by atoms with Gasteiger partial charge in [-0.2, -0.15) is 0 Å². The van der Waals surface area contributed by atoms with E-state index in [-0.39, 0.29) is 6.04 Å². The van der Waals surface area contributed by atoms with Gasteiger partial charge in [-0.25, -0.2) is 0 Å². The highest BCUT2D eigenvalue weighted by Crippen LogP contribution is 2.18. The second-order valence-electron chi connectivity index (χ2n) is 4.34. The normalized spacial score (nSPS) is 12.3. The smallest absolute Gasteiger partial charge is 0.0606 e. The third-order valence-corrected chi connectivity index (χ3v) is 2.97. The molecule has 0 aliphatic heterocycles. The van der Waals surface area contributed by atoms with Gasteiger partial charge in [-0.1, -0.05) is 19.1 Å². The Morgan fingerprint density at radius 1 is 1.11 bits per heavy atom. The third kappa shape index (κ3) is 3.14. The van der Waals surface area contributed by atoms with Crippen molar-refractivity contribution >= 4 is 0 Å². The standard InChI is InChI=1S/C15H19N3/c1-3-16-14(11-13-8-4-5-9-17-13)15-12(2)7-6-10-18-15/h4-10,14,16H,3,11H2,1-2H3. The van der Waals surface area contributed by atoms with E-state index in [0.717, 1.165) is 24.4 Å². The van der Waals surface area contributed by atoms with E-state index >= 15 is 0 Å². The van der Waals surface area contributed by atoms with Crippen molar-refractivity contribution in [1.29, 1.82) is 0 Å². The maximum Gasteiger partial charge on any atom is 0.0606 e. The van der Waals surface area contributed by atoms with Crippen LogP contribution in [0.3, 0.4) is 0 Å². The predicted octanol–water partition coefficient (Wildman–Crippen LogP) is 2.68. The molecule has 2 heterocycles. The van der Waals surface area contributed by atoms with E-state index < -0.39 is 0 Å². The molecule has 2 aromatic rings. The van der Waals surface area contributed by atoms with Crippen LogP contribution in [0, 0.1) is 6.92 Å². The molecular formula is C15H19N3. The van der Waals surface area contributed by atoms with E-state index in [1.165, 1.54) is 5.56 Å². The van der Waals surface area contributed by atoms with Crippen LogP contribution in [-0.2, 0) is 6.42 Å². The second kappa shape index (κ2) is 6.26. The van der Waals surface area contributed by atoms with Gasteiger partial charge in [0.1, 0.15) is 0 Å². The number of pyridine rings is 2. The third-order valence-electron chi connectivity index (χ3n) is 2.97. The minimum atomic E-state index is 0.228. The lowest BCUT2D eigenvalue weighted by Gasteiger charge is -2.18. The molecule has 94 valence electrons. The Morgan fingerprint density at radius 2 is 1.94 bits per heavy atom. The van der Waals surface area contributed by atoms with Gasteiger partial charge in [0.15, 0.2) is 0 Å². The molecule has 0 aliphatic carbocycles. The molecule has 1 unspecified atom stereocenters. The second-order valence-corrected chi connectivity index (χ2v) is 4.34. The van der Waals surface area contributed by atoms with Gasteiger partial charge in [0, 0.05) is 24.5 Å². The quantitative estimate of drug-likeness (QED) is 0.874. The van der Waals surface area contributed by atoms with E-state index in [1.807, 2.05) is 30.6 Å². The highest BCUT2D eigenvalue weighted by molar-refractivity contribution is 5.22. The number of nitrogens with zero attached hydrogens (tertiary/aromatic N) is 2. The van der Waals surface area contributed by atoms with Crippen LogP contribution in [0.4, 0.5) is 0 Å². The topological polar surface area (TPSA) is 37.8 Å². The minimum Gasteiger partial charge on any atom is -0.309 e. The molecule has 3 heteroatoms. The van der Waals surface area contributed by atoms with E-state index in [0.29, 0.717) is 0 Å². The number of hydrogen-bond acceptors (Lipinski definition) is 3. The fourth-order valence-electron chi connectivity index (χ4n) is 2.10. The summed E-state index contributed by atoms with van der Waals surface area (Å²) >= 11 is 0. The summed E-state index contributed by atoms with van der Waals surface area (Å²) in [6.45, 7) is 5.14. The summed E-state index contributed by atoms with van der Waals surface area (Å²) in [5.41, 5.74) is 3.43. The van der Waals surface area contributed by atoms with Crippen LogP contribution in [-0.4, -0.2) is 16.5 Å². The van der Waals surface area contributed by atoms with E-state index in [9.17, 15) is 0 Å². The van der Waals surface area contributed by atoms with Gasteiger partial charge in [0.25, 0.3) is 0 Å². The van der Waals surface area contributed by atoms with E-state index in [2.05, 4.69) is 41.3 Å². The molecule has 0 amide bonds. The summed E-state index contributed by atoms with van der Waals surface area (Å²) in [6.07, 6.45) is 4.56.